The van der Waals surface area contributed by atoms with E-state index >= 15 is 0 Å². The van der Waals surface area contributed by atoms with Crippen LogP contribution in [-0.4, -0.2) is 0 Å². The molecule has 1 rings (SSSR count). The molecule has 0 aromatic rings. The van der Waals surface area contributed by atoms with Crippen molar-refractivity contribution >= 4 is 0 Å². The van der Waals surface area contributed by atoms with Gasteiger partial charge in [0.15, 0.2) is 0 Å². The molecule has 0 aromatic carbocycles. The molecule has 0 nitrogen and oxygen atoms in total. The van der Waals surface area contributed by atoms with Crippen molar-refractivity contribution in [3.63, 3.8) is 0 Å². The molecule has 2 unspecified atom stereocenters. The molecular weight excluding hydrogens is 197 g/mol. The van der Waals surface area contributed by atoms with Gasteiger partial charge in [0.05, 0.1) is 0 Å². The second kappa shape index (κ2) is 5.72. The first-order valence-electron chi connectivity index (χ1n) is 3.97. The molecule has 0 heterocycles. The monoisotopic (exact) mass is 213 g/mol. The molecule has 10 heavy (non-hydrogen) atoms. The van der Waals surface area contributed by atoms with Gasteiger partial charge in [-0.3, -0.25) is 0 Å². The minimum atomic E-state index is 0. The molecule has 57 valence electrons. The number of hydrogen-bond donors (Lipinski definition) is 0. The summed E-state index contributed by atoms with van der Waals surface area (Å²) in [5.74, 6) is 1.54. The summed E-state index contributed by atoms with van der Waals surface area (Å²) in [6, 6.07) is 0. The van der Waals surface area contributed by atoms with Gasteiger partial charge in [0.2, 0.25) is 0 Å². The van der Waals surface area contributed by atoms with E-state index in [0.717, 1.165) is 12.3 Å². The first-order chi connectivity index (χ1) is 4.34. The predicted octanol–water partition coefficient (Wildman–Crippen LogP) is 2.85. The van der Waals surface area contributed by atoms with Gasteiger partial charge in [0.1, 0.15) is 0 Å². The summed E-state index contributed by atoms with van der Waals surface area (Å²) < 4.78 is 0. The van der Waals surface area contributed by atoms with Crippen molar-refractivity contribution in [2.45, 2.75) is 32.1 Å². The zero-order chi connectivity index (χ0) is 6.69. The van der Waals surface area contributed by atoms with Gasteiger partial charge in [0, 0.05) is 32.7 Å². The second-order valence-corrected chi connectivity index (χ2v) is 3.09. The maximum Gasteiger partial charge on any atom is 0 e. The van der Waals surface area contributed by atoms with E-state index in [2.05, 4.69) is 13.8 Å². The van der Waals surface area contributed by atoms with Gasteiger partial charge < -0.3 is 13.8 Å². The topological polar surface area (TPSA) is 0 Å². The van der Waals surface area contributed by atoms with E-state index in [-0.39, 0.29) is 32.7 Å². The van der Waals surface area contributed by atoms with E-state index in [1.54, 1.807) is 0 Å². The molecule has 0 aromatic heterocycles. The van der Waals surface area contributed by atoms with Crippen LogP contribution >= 0.6 is 0 Å². The number of rotatable bonds is 1. The molecule has 1 heteroatoms. The van der Waals surface area contributed by atoms with Crippen LogP contribution in [0.15, 0.2) is 0 Å². The first-order valence-corrected chi connectivity index (χ1v) is 3.97. The van der Waals surface area contributed by atoms with Gasteiger partial charge in [-0.1, -0.05) is 31.6 Å². The zero-order valence-corrected chi connectivity index (χ0v) is 9.52. The van der Waals surface area contributed by atoms with Crippen LogP contribution in [0, 0.1) is 25.7 Å². The molecule has 1 radical (unpaired) electrons. The van der Waals surface area contributed by atoms with Crippen LogP contribution in [0.25, 0.3) is 0 Å². The van der Waals surface area contributed by atoms with Crippen LogP contribution in [0.2, 0.25) is 0 Å². The maximum atomic E-state index is 4.11. The van der Waals surface area contributed by atoms with Crippen molar-refractivity contribution < 1.29 is 32.7 Å². The molecule has 2 atom stereocenters. The Labute approximate surface area is 90.0 Å². The van der Waals surface area contributed by atoms with Gasteiger partial charge in [-0.15, -0.1) is 0 Å². The van der Waals surface area contributed by atoms with E-state index in [1.807, 2.05) is 0 Å². The van der Waals surface area contributed by atoms with Crippen LogP contribution in [-0.2, 0) is 32.7 Å². The van der Waals surface area contributed by atoms with E-state index in [1.165, 1.54) is 25.7 Å². The summed E-state index contributed by atoms with van der Waals surface area (Å²) >= 11 is 0. The second-order valence-electron chi connectivity index (χ2n) is 3.09. The Kier molecular flexibility index (Phi) is 6.35. The maximum absolute atomic E-state index is 4.11. The molecule has 0 saturated heterocycles. The van der Waals surface area contributed by atoms with Gasteiger partial charge in [-0.25, -0.2) is 0 Å². The van der Waals surface area contributed by atoms with E-state index in [9.17, 15) is 0 Å². The molecule has 0 amide bonds. The summed E-state index contributed by atoms with van der Waals surface area (Å²) in [4.78, 5) is 0. The Hall–Kier alpha value is 1.10. The summed E-state index contributed by atoms with van der Waals surface area (Å²) in [6.45, 7) is 8.03. The molecule has 0 N–H and O–H groups in total. The van der Waals surface area contributed by atoms with Crippen molar-refractivity contribution in [1.29, 1.82) is 0 Å². The fraction of sp³-hybridized carbons (Fsp3) is 0.778. The van der Waals surface area contributed by atoms with E-state index < -0.39 is 0 Å². The molecular formula is C9H16Y-2. The Morgan fingerprint density at radius 1 is 1.20 bits per heavy atom. The van der Waals surface area contributed by atoms with E-state index in [4.69, 9.17) is 0 Å². The summed E-state index contributed by atoms with van der Waals surface area (Å²) in [6.07, 6.45) is 6.60. The Bertz CT molecular complexity index is 80.8. The molecule has 1 aliphatic carbocycles. The van der Waals surface area contributed by atoms with Crippen LogP contribution in [0.3, 0.4) is 0 Å². The van der Waals surface area contributed by atoms with E-state index in [0.29, 0.717) is 5.92 Å². The minimum Gasteiger partial charge on any atom is -0.343 e. The minimum absolute atomic E-state index is 0. The average Bonchev–Trinajstić information content (AvgIpc) is 1.89. The number of hydrogen-bond acceptors (Lipinski definition) is 0. The molecule has 1 saturated carbocycles. The third-order valence-corrected chi connectivity index (χ3v) is 2.44. The quantitative estimate of drug-likeness (QED) is 0.587. The third kappa shape index (κ3) is 3.01. The van der Waals surface area contributed by atoms with Gasteiger partial charge in [0.25, 0.3) is 0 Å². The first kappa shape index (κ1) is 11.1. The molecule has 1 fully saturated rings. The van der Waals surface area contributed by atoms with Crippen molar-refractivity contribution in [1.82, 2.24) is 0 Å². The summed E-state index contributed by atoms with van der Waals surface area (Å²) in [5, 5.41) is 0. The predicted molar refractivity (Wildman–Crippen MR) is 40.8 cm³/mol. The van der Waals surface area contributed by atoms with Gasteiger partial charge in [-0.2, -0.15) is 12.3 Å². The van der Waals surface area contributed by atoms with Crippen LogP contribution in [0.5, 0.6) is 0 Å². The van der Waals surface area contributed by atoms with Crippen molar-refractivity contribution in [2.24, 2.45) is 11.8 Å². The van der Waals surface area contributed by atoms with Crippen molar-refractivity contribution in [3.8, 4) is 0 Å². The normalized spacial score (nSPS) is 33.0. The fourth-order valence-corrected chi connectivity index (χ4v) is 1.66. The molecule has 0 bridgehead atoms. The Morgan fingerprint density at radius 2 is 1.80 bits per heavy atom. The molecule has 0 aliphatic heterocycles. The Morgan fingerprint density at radius 3 is 2.20 bits per heavy atom. The van der Waals surface area contributed by atoms with Crippen molar-refractivity contribution in [3.05, 3.63) is 13.8 Å². The zero-order valence-electron chi connectivity index (χ0n) is 6.68. The van der Waals surface area contributed by atoms with Crippen LogP contribution in [0.1, 0.15) is 32.1 Å². The average molecular weight is 213 g/mol. The smallest absolute Gasteiger partial charge is 0 e. The fourth-order valence-electron chi connectivity index (χ4n) is 1.66. The Balaban J connectivity index is 0.000000810. The van der Waals surface area contributed by atoms with Crippen molar-refractivity contribution in [2.75, 3.05) is 0 Å². The van der Waals surface area contributed by atoms with Gasteiger partial charge in [-0.05, 0) is 0 Å². The largest absolute Gasteiger partial charge is 0.343 e. The third-order valence-electron chi connectivity index (χ3n) is 2.44. The SMILES string of the molecule is [CH2-]CC1CCCCC1[CH2-].[Y]. The van der Waals surface area contributed by atoms with Crippen LogP contribution in [0.4, 0.5) is 0 Å². The molecule has 0 spiro atoms. The summed E-state index contributed by atoms with van der Waals surface area (Å²) in [7, 11) is 0. The standard InChI is InChI=1S/C9H16.Y/c1-3-9-7-5-4-6-8(9)2;/h8-9H,1-7H2;/q-2;. The molecule has 1 aliphatic rings. The summed E-state index contributed by atoms with van der Waals surface area (Å²) in [5.41, 5.74) is 0. The van der Waals surface area contributed by atoms with Crippen LogP contribution < -0.4 is 0 Å². The van der Waals surface area contributed by atoms with Gasteiger partial charge >= 0.3 is 0 Å².